The number of imidazole rings is 1. The standard InChI is InChI=1S/C26H24N4O2S/c1-18-5-3-6-21(15-18)25(31)29-24(16-23-7-4-14-33-23)26(32)28-17-20-8-10-22(11-9-20)30-13-12-27-19(30)2/h3-16H,17H2,1-2H3,(H,28,32)(H,29,31)/b24-16-. The zero-order valence-corrected chi connectivity index (χ0v) is 19.2. The molecule has 0 fully saturated rings. The summed E-state index contributed by atoms with van der Waals surface area (Å²) in [6.07, 6.45) is 5.36. The van der Waals surface area contributed by atoms with Crippen molar-refractivity contribution >= 4 is 29.2 Å². The summed E-state index contributed by atoms with van der Waals surface area (Å²) < 4.78 is 1.99. The van der Waals surface area contributed by atoms with Gasteiger partial charge in [0.1, 0.15) is 11.5 Å². The van der Waals surface area contributed by atoms with Gasteiger partial charge in [-0.05, 0) is 61.2 Å². The Morgan fingerprint density at radius 1 is 1.06 bits per heavy atom. The van der Waals surface area contributed by atoms with E-state index in [0.29, 0.717) is 12.1 Å². The Hall–Kier alpha value is -3.97. The van der Waals surface area contributed by atoms with Crippen LogP contribution in [0.5, 0.6) is 0 Å². The summed E-state index contributed by atoms with van der Waals surface area (Å²) in [7, 11) is 0. The van der Waals surface area contributed by atoms with Gasteiger partial charge >= 0.3 is 0 Å². The minimum absolute atomic E-state index is 0.203. The predicted molar refractivity (Wildman–Crippen MR) is 131 cm³/mol. The predicted octanol–water partition coefficient (Wildman–Crippen LogP) is 4.64. The molecule has 0 saturated heterocycles. The van der Waals surface area contributed by atoms with Gasteiger partial charge in [0.2, 0.25) is 0 Å². The maximum Gasteiger partial charge on any atom is 0.268 e. The van der Waals surface area contributed by atoms with Gasteiger partial charge in [0.15, 0.2) is 0 Å². The quantitative estimate of drug-likeness (QED) is 0.398. The van der Waals surface area contributed by atoms with Crippen molar-refractivity contribution in [1.82, 2.24) is 20.2 Å². The van der Waals surface area contributed by atoms with Crippen LogP contribution < -0.4 is 10.6 Å². The summed E-state index contributed by atoms with van der Waals surface area (Å²) in [5.41, 5.74) is 3.64. The SMILES string of the molecule is Cc1cccc(C(=O)N/C(=C\c2cccs2)C(=O)NCc2ccc(-n3ccnc3C)cc2)c1. The van der Waals surface area contributed by atoms with Crippen LogP contribution in [0.1, 0.15) is 32.2 Å². The molecular formula is C26H24N4O2S. The summed E-state index contributed by atoms with van der Waals surface area (Å²) in [6.45, 7) is 4.20. The van der Waals surface area contributed by atoms with Crippen LogP contribution in [0.4, 0.5) is 0 Å². The number of carbonyl (C=O) groups excluding carboxylic acids is 2. The number of benzene rings is 2. The molecule has 2 aromatic heterocycles. The molecule has 0 aliphatic carbocycles. The van der Waals surface area contributed by atoms with E-state index in [0.717, 1.165) is 27.5 Å². The molecule has 0 atom stereocenters. The highest BCUT2D eigenvalue weighted by Crippen LogP contribution is 2.15. The molecule has 166 valence electrons. The number of amides is 2. The molecule has 33 heavy (non-hydrogen) atoms. The van der Waals surface area contributed by atoms with Gasteiger partial charge in [-0.3, -0.25) is 9.59 Å². The number of nitrogens with one attached hydrogen (secondary N) is 2. The molecule has 2 aromatic carbocycles. The second-order valence-electron chi connectivity index (χ2n) is 7.59. The molecule has 0 aliphatic rings. The van der Waals surface area contributed by atoms with Crippen LogP contribution in [-0.2, 0) is 11.3 Å². The minimum Gasteiger partial charge on any atom is -0.347 e. The van der Waals surface area contributed by atoms with Crippen LogP contribution in [0.15, 0.2) is 84.1 Å². The average Bonchev–Trinajstić information content (AvgIpc) is 3.49. The van der Waals surface area contributed by atoms with E-state index >= 15 is 0 Å². The van der Waals surface area contributed by atoms with Crippen LogP contribution in [0.3, 0.4) is 0 Å². The molecule has 2 heterocycles. The number of hydrogen-bond acceptors (Lipinski definition) is 4. The lowest BCUT2D eigenvalue weighted by molar-refractivity contribution is -0.117. The van der Waals surface area contributed by atoms with Crippen molar-refractivity contribution in [2.75, 3.05) is 0 Å². The fourth-order valence-electron chi connectivity index (χ4n) is 3.36. The molecule has 0 saturated carbocycles. The molecule has 4 aromatic rings. The smallest absolute Gasteiger partial charge is 0.268 e. The fourth-order valence-corrected chi connectivity index (χ4v) is 4.01. The highest BCUT2D eigenvalue weighted by atomic mass is 32.1. The van der Waals surface area contributed by atoms with E-state index in [9.17, 15) is 9.59 Å². The van der Waals surface area contributed by atoms with Gasteiger partial charge in [0, 0.05) is 35.1 Å². The van der Waals surface area contributed by atoms with Gasteiger partial charge in [-0.25, -0.2) is 4.98 Å². The van der Waals surface area contributed by atoms with Crippen LogP contribution in [0.2, 0.25) is 0 Å². The topological polar surface area (TPSA) is 76.0 Å². The van der Waals surface area contributed by atoms with Crippen molar-refractivity contribution in [3.8, 4) is 5.69 Å². The average molecular weight is 457 g/mol. The third-order valence-electron chi connectivity index (χ3n) is 5.10. The van der Waals surface area contributed by atoms with Gasteiger partial charge in [0.25, 0.3) is 11.8 Å². The Morgan fingerprint density at radius 3 is 2.55 bits per heavy atom. The largest absolute Gasteiger partial charge is 0.347 e. The first-order valence-corrected chi connectivity index (χ1v) is 11.4. The lowest BCUT2D eigenvalue weighted by atomic mass is 10.1. The van der Waals surface area contributed by atoms with E-state index in [4.69, 9.17) is 0 Å². The summed E-state index contributed by atoms with van der Waals surface area (Å²) in [5, 5.41) is 7.61. The normalized spacial score (nSPS) is 11.3. The molecule has 2 N–H and O–H groups in total. The number of thiophene rings is 1. The minimum atomic E-state index is -0.348. The van der Waals surface area contributed by atoms with Crippen molar-refractivity contribution in [3.63, 3.8) is 0 Å². The third kappa shape index (κ3) is 5.64. The number of aryl methyl sites for hydroxylation is 2. The van der Waals surface area contributed by atoms with Crippen molar-refractivity contribution < 1.29 is 9.59 Å². The van der Waals surface area contributed by atoms with Crippen molar-refractivity contribution in [2.45, 2.75) is 20.4 Å². The summed E-state index contributed by atoms with van der Waals surface area (Å²) in [6, 6.07) is 19.0. The summed E-state index contributed by atoms with van der Waals surface area (Å²) >= 11 is 1.49. The molecule has 2 amide bonds. The number of rotatable bonds is 7. The lowest BCUT2D eigenvalue weighted by Crippen LogP contribution is -2.34. The summed E-state index contributed by atoms with van der Waals surface area (Å²) in [5.74, 6) is 0.236. The maximum absolute atomic E-state index is 13.0. The Morgan fingerprint density at radius 2 is 1.88 bits per heavy atom. The van der Waals surface area contributed by atoms with Crippen LogP contribution in [0.25, 0.3) is 11.8 Å². The molecule has 0 spiro atoms. The van der Waals surface area contributed by atoms with E-state index in [-0.39, 0.29) is 17.5 Å². The van der Waals surface area contributed by atoms with Crippen LogP contribution in [-0.4, -0.2) is 21.4 Å². The van der Waals surface area contributed by atoms with Crippen LogP contribution >= 0.6 is 11.3 Å². The van der Waals surface area contributed by atoms with Crippen molar-refractivity contribution in [1.29, 1.82) is 0 Å². The maximum atomic E-state index is 13.0. The van der Waals surface area contributed by atoms with Crippen molar-refractivity contribution in [3.05, 3.63) is 112 Å². The Balaban J connectivity index is 1.46. The third-order valence-corrected chi connectivity index (χ3v) is 5.92. The zero-order chi connectivity index (χ0) is 23.2. The summed E-state index contributed by atoms with van der Waals surface area (Å²) in [4.78, 5) is 30.8. The van der Waals surface area contributed by atoms with E-state index in [2.05, 4.69) is 15.6 Å². The number of nitrogens with zero attached hydrogens (tertiary/aromatic N) is 2. The zero-order valence-electron chi connectivity index (χ0n) is 18.4. The number of hydrogen-bond donors (Lipinski definition) is 2. The first-order chi connectivity index (χ1) is 16.0. The number of aromatic nitrogens is 2. The van der Waals surface area contributed by atoms with E-state index in [1.54, 1.807) is 24.4 Å². The highest BCUT2D eigenvalue weighted by molar-refractivity contribution is 7.10. The second-order valence-corrected chi connectivity index (χ2v) is 8.57. The van der Waals surface area contributed by atoms with Gasteiger partial charge in [0.05, 0.1) is 0 Å². The fraction of sp³-hybridized carbons (Fsp3) is 0.115. The molecule has 6 nitrogen and oxygen atoms in total. The molecule has 0 bridgehead atoms. The molecule has 0 radical (unpaired) electrons. The Bertz CT molecular complexity index is 1290. The number of carbonyl (C=O) groups is 2. The second kappa shape index (κ2) is 10.1. The Labute approximate surface area is 196 Å². The lowest BCUT2D eigenvalue weighted by Gasteiger charge is -2.12. The first kappa shape index (κ1) is 22.2. The van der Waals surface area contributed by atoms with Gasteiger partial charge in [-0.2, -0.15) is 0 Å². The van der Waals surface area contributed by atoms with E-state index in [1.165, 1.54) is 11.3 Å². The van der Waals surface area contributed by atoms with E-state index < -0.39 is 0 Å². The molecule has 7 heteroatoms. The highest BCUT2D eigenvalue weighted by Gasteiger charge is 2.15. The van der Waals surface area contributed by atoms with Gasteiger partial charge < -0.3 is 15.2 Å². The first-order valence-electron chi connectivity index (χ1n) is 10.5. The molecule has 0 unspecified atom stereocenters. The molecule has 4 rings (SSSR count). The Kier molecular flexibility index (Phi) is 6.80. The monoisotopic (exact) mass is 456 g/mol. The molecular weight excluding hydrogens is 432 g/mol. The van der Waals surface area contributed by atoms with E-state index in [1.807, 2.05) is 78.5 Å². The van der Waals surface area contributed by atoms with Crippen molar-refractivity contribution in [2.24, 2.45) is 0 Å². The molecule has 0 aliphatic heterocycles. The van der Waals surface area contributed by atoms with Gasteiger partial charge in [-0.1, -0.05) is 35.9 Å². The van der Waals surface area contributed by atoms with Gasteiger partial charge in [-0.15, -0.1) is 11.3 Å². The van der Waals surface area contributed by atoms with Crippen LogP contribution in [0, 0.1) is 13.8 Å².